The van der Waals surface area contributed by atoms with Crippen LogP contribution in [0, 0.1) is 0 Å². The number of hydrogen-bond acceptors (Lipinski definition) is 18. The second-order valence-electron chi connectivity index (χ2n) is 15.0. The van der Waals surface area contributed by atoms with Crippen LogP contribution in [0.15, 0.2) is 0 Å². The normalized spacial score (nSPS) is 11.7. The summed E-state index contributed by atoms with van der Waals surface area (Å²) in [4.78, 5) is 0. The van der Waals surface area contributed by atoms with E-state index >= 15 is 0 Å². The molecule has 0 rings (SSSR count). The van der Waals surface area contributed by atoms with Crippen LogP contribution in [-0.2, 0) is 80.5 Å². The first-order valence-electron chi connectivity index (χ1n) is 25.3. The van der Waals surface area contributed by atoms with Crippen LogP contribution in [0.4, 0.5) is 0 Å². The lowest BCUT2D eigenvalue weighted by Crippen LogP contribution is -2.16. The summed E-state index contributed by atoms with van der Waals surface area (Å²) in [6.07, 6.45) is 16.3. The minimum Gasteiger partial charge on any atom is -0.394 e. The topological polar surface area (TPSA) is 177 Å². The molecule has 18 heteroatoms. The molecule has 66 heavy (non-hydrogen) atoms. The van der Waals surface area contributed by atoms with Gasteiger partial charge in [-0.2, -0.15) is 0 Å². The first-order chi connectivity index (χ1) is 32.9. The highest BCUT2D eigenvalue weighted by Crippen LogP contribution is 2.12. The van der Waals surface area contributed by atoms with Crippen molar-refractivity contribution in [3.05, 3.63) is 0 Å². The summed E-state index contributed by atoms with van der Waals surface area (Å²) in [6.45, 7) is 19.9. The molecule has 0 radical (unpaired) electrons. The van der Waals surface area contributed by atoms with Crippen molar-refractivity contribution in [3.63, 3.8) is 0 Å². The highest BCUT2D eigenvalue weighted by molar-refractivity contribution is 4.49. The molecule has 1 N–H and O–H groups in total. The van der Waals surface area contributed by atoms with Crippen molar-refractivity contribution in [1.29, 1.82) is 0 Å². The summed E-state index contributed by atoms with van der Waals surface area (Å²) in [6, 6.07) is 0. The maximum absolute atomic E-state index is 8.60. The molecule has 0 aliphatic carbocycles. The first-order valence-corrected chi connectivity index (χ1v) is 25.3. The van der Waals surface area contributed by atoms with Gasteiger partial charge in [-0.25, -0.2) is 0 Å². The third-order valence-corrected chi connectivity index (χ3v) is 9.33. The highest BCUT2D eigenvalue weighted by atomic mass is 16.6. The first kappa shape index (κ1) is 65.3. The Morgan fingerprint density at radius 2 is 0.303 bits per heavy atom. The minimum atomic E-state index is 0.0220. The number of hydrogen-bond donors (Lipinski definition) is 1. The molecule has 398 valence electrons. The molecule has 18 nitrogen and oxygen atoms in total. The van der Waals surface area contributed by atoms with Crippen molar-refractivity contribution in [1.82, 2.24) is 0 Å². The van der Waals surface area contributed by atoms with E-state index in [0.29, 0.717) is 218 Å². The number of aliphatic hydroxyl groups is 1. The van der Waals surface area contributed by atoms with Gasteiger partial charge in [0.2, 0.25) is 0 Å². The fourth-order valence-electron chi connectivity index (χ4n) is 5.73. The average Bonchev–Trinajstić information content (AvgIpc) is 3.33. The van der Waals surface area contributed by atoms with Crippen LogP contribution in [0.2, 0.25) is 0 Å². The lowest BCUT2D eigenvalue weighted by molar-refractivity contribution is -0.0308. The number of aliphatic hydroxyl groups excluding tert-OH is 1. The summed E-state index contributed by atoms with van der Waals surface area (Å²) in [5.41, 5.74) is 0. The van der Waals surface area contributed by atoms with E-state index < -0.39 is 0 Å². The predicted octanol–water partition coefficient (Wildman–Crippen LogP) is 4.96. The van der Waals surface area contributed by atoms with Gasteiger partial charge in [-0.15, -0.1) is 0 Å². The Morgan fingerprint density at radius 1 is 0.167 bits per heavy atom. The van der Waals surface area contributed by atoms with Gasteiger partial charge < -0.3 is 85.6 Å². The third-order valence-electron chi connectivity index (χ3n) is 9.33. The monoisotopic (exact) mass is 963 g/mol. The summed E-state index contributed by atoms with van der Waals surface area (Å²) < 4.78 is 93.2. The molecule has 0 aliphatic rings. The maximum atomic E-state index is 8.60. The number of ether oxygens (including phenoxy) is 17. The standard InChI is InChI=1S/C48H98O18/c1-2-3-4-5-6-7-8-9-10-11-12-13-15-50-17-19-52-21-23-54-25-27-56-29-31-58-33-35-60-37-39-62-41-43-64-45-47-66-48-46-65-44-42-63-40-38-61-36-34-59-32-30-57-28-26-55-24-22-53-20-18-51-16-14-49/h49H,2-48H2,1H3. The third kappa shape index (κ3) is 63.3. The van der Waals surface area contributed by atoms with Crippen LogP contribution < -0.4 is 0 Å². The van der Waals surface area contributed by atoms with Gasteiger partial charge in [0.05, 0.1) is 225 Å². The van der Waals surface area contributed by atoms with Gasteiger partial charge in [-0.1, -0.05) is 77.6 Å². The molecule has 0 saturated carbocycles. The average molecular weight is 963 g/mol. The Kier molecular flexibility index (Phi) is 63.6. The molecule has 0 aromatic carbocycles. The van der Waals surface area contributed by atoms with Crippen molar-refractivity contribution in [2.24, 2.45) is 0 Å². The largest absolute Gasteiger partial charge is 0.394 e. The summed E-state index contributed by atoms with van der Waals surface area (Å²) >= 11 is 0. The number of rotatable bonds is 63. The van der Waals surface area contributed by atoms with Gasteiger partial charge in [0.1, 0.15) is 0 Å². The molecule has 0 atom stereocenters. The molecule has 0 bridgehead atoms. The van der Waals surface area contributed by atoms with Crippen molar-refractivity contribution < 1.29 is 85.6 Å². The fourth-order valence-corrected chi connectivity index (χ4v) is 5.73. The molecule has 0 aliphatic heterocycles. The molecule has 0 spiro atoms. The van der Waals surface area contributed by atoms with Gasteiger partial charge in [0.25, 0.3) is 0 Å². The van der Waals surface area contributed by atoms with Crippen molar-refractivity contribution in [2.75, 3.05) is 231 Å². The van der Waals surface area contributed by atoms with Crippen LogP contribution in [0.3, 0.4) is 0 Å². The van der Waals surface area contributed by atoms with Crippen molar-refractivity contribution in [2.45, 2.75) is 84.0 Å². The smallest absolute Gasteiger partial charge is 0.0701 e. The predicted molar refractivity (Wildman–Crippen MR) is 252 cm³/mol. The van der Waals surface area contributed by atoms with Crippen LogP contribution in [0.1, 0.15) is 84.0 Å². The molecule has 0 saturated heterocycles. The number of unbranched alkanes of at least 4 members (excludes halogenated alkanes) is 11. The van der Waals surface area contributed by atoms with Gasteiger partial charge in [0.15, 0.2) is 0 Å². The van der Waals surface area contributed by atoms with Crippen LogP contribution in [0.5, 0.6) is 0 Å². The van der Waals surface area contributed by atoms with E-state index in [9.17, 15) is 0 Å². The Labute approximate surface area is 400 Å². The van der Waals surface area contributed by atoms with E-state index in [-0.39, 0.29) is 6.61 Å². The van der Waals surface area contributed by atoms with Crippen LogP contribution in [0.25, 0.3) is 0 Å². The lowest BCUT2D eigenvalue weighted by Gasteiger charge is -2.09. The summed E-state index contributed by atoms with van der Waals surface area (Å²) in [5, 5.41) is 8.60. The van der Waals surface area contributed by atoms with E-state index in [1.807, 2.05) is 0 Å². The Morgan fingerprint density at radius 3 is 0.470 bits per heavy atom. The second-order valence-corrected chi connectivity index (χ2v) is 15.0. The zero-order valence-corrected chi connectivity index (χ0v) is 41.6. The SMILES string of the molecule is CCCCCCCCCCCCCCOCCOCCOCCOCCOCCOCCOCCOCCOCCOCCOCCOCCOCCOCCOCCOCCOCCO. The Balaban J connectivity index is 3.06. The van der Waals surface area contributed by atoms with Crippen LogP contribution >= 0.6 is 0 Å². The molecular formula is C48H98O18. The van der Waals surface area contributed by atoms with Gasteiger partial charge >= 0.3 is 0 Å². The Bertz CT molecular complexity index is 760. The van der Waals surface area contributed by atoms with E-state index in [1.54, 1.807) is 0 Å². The van der Waals surface area contributed by atoms with Crippen molar-refractivity contribution in [3.8, 4) is 0 Å². The second kappa shape index (κ2) is 64.3. The molecule has 0 amide bonds. The van der Waals surface area contributed by atoms with E-state index in [0.717, 1.165) is 13.0 Å². The molecular weight excluding hydrogens is 865 g/mol. The minimum absolute atomic E-state index is 0.0220. The lowest BCUT2D eigenvalue weighted by atomic mass is 10.1. The van der Waals surface area contributed by atoms with Crippen LogP contribution in [-0.4, -0.2) is 236 Å². The summed E-state index contributed by atoms with van der Waals surface area (Å²) in [5.74, 6) is 0. The van der Waals surface area contributed by atoms with E-state index in [1.165, 1.54) is 70.6 Å². The zero-order chi connectivity index (χ0) is 47.3. The molecule has 0 unspecified atom stereocenters. The molecule has 0 fully saturated rings. The van der Waals surface area contributed by atoms with E-state index in [2.05, 4.69) is 6.92 Å². The summed E-state index contributed by atoms with van der Waals surface area (Å²) in [7, 11) is 0. The Hall–Kier alpha value is -0.720. The van der Waals surface area contributed by atoms with Gasteiger partial charge in [-0.05, 0) is 6.42 Å². The van der Waals surface area contributed by atoms with Gasteiger partial charge in [0, 0.05) is 6.61 Å². The highest BCUT2D eigenvalue weighted by Gasteiger charge is 1.99. The quantitative estimate of drug-likeness (QED) is 0.0809. The zero-order valence-electron chi connectivity index (χ0n) is 41.6. The van der Waals surface area contributed by atoms with Crippen molar-refractivity contribution >= 4 is 0 Å². The van der Waals surface area contributed by atoms with E-state index in [4.69, 9.17) is 85.6 Å². The maximum Gasteiger partial charge on any atom is 0.0701 e. The van der Waals surface area contributed by atoms with Gasteiger partial charge in [-0.3, -0.25) is 0 Å². The fraction of sp³-hybridized carbons (Fsp3) is 1.00. The molecule has 0 heterocycles. The molecule has 0 aromatic heterocycles. The molecule has 0 aromatic rings.